The van der Waals surface area contributed by atoms with Crippen LogP contribution in [0.5, 0.6) is 0 Å². The number of aryl methyl sites for hydroxylation is 1. The first-order valence-corrected chi connectivity index (χ1v) is 15.8. The highest BCUT2D eigenvalue weighted by molar-refractivity contribution is 8.00. The average molecular weight is 637 g/mol. The number of rotatable bonds is 13. The lowest BCUT2D eigenvalue weighted by atomic mass is 10.0. The molecule has 42 heavy (non-hydrogen) atoms. The zero-order valence-electron chi connectivity index (χ0n) is 22.3. The van der Waals surface area contributed by atoms with Crippen molar-refractivity contribution < 1.29 is 32.6 Å². The van der Waals surface area contributed by atoms with Crippen LogP contribution < -0.4 is 11.1 Å². The number of aromatic nitrogens is 4. The SMILES string of the molecule is CO[C@@H](CCn1cnc2c(N)ncnc21)CO/[SH](=O)=N/CC1=C(C(=O)O)N2C(=O)[C@@H](NC(=O)Cc3cccs3)[C@H]2SC1. The Hall–Kier alpha value is -3.58. The van der Waals surface area contributed by atoms with Gasteiger partial charge in [-0.1, -0.05) is 6.07 Å². The Morgan fingerprint density at radius 3 is 2.93 bits per heavy atom. The first-order valence-electron chi connectivity index (χ1n) is 12.7. The monoisotopic (exact) mass is 636 g/mol. The summed E-state index contributed by atoms with van der Waals surface area (Å²) in [4.78, 5) is 51.7. The number of nitrogens with one attached hydrogen (secondary N) is 1. The van der Waals surface area contributed by atoms with E-state index in [4.69, 9.17) is 14.7 Å². The molecule has 4 atom stereocenters. The minimum Gasteiger partial charge on any atom is -0.477 e. The Labute approximate surface area is 249 Å². The molecule has 1 fully saturated rings. The van der Waals surface area contributed by atoms with Crippen molar-refractivity contribution in [3.05, 3.63) is 46.3 Å². The second kappa shape index (κ2) is 13.2. The highest BCUT2D eigenvalue weighted by Crippen LogP contribution is 2.40. The van der Waals surface area contributed by atoms with Gasteiger partial charge in [0.2, 0.25) is 5.91 Å². The van der Waals surface area contributed by atoms with Gasteiger partial charge in [0.25, 0.3) is 5.91 Å². The van der Waals surface area contributed by atoms with E-state index in [1.807, 2.05) is 17.5 Å². The van der Waals surface area contributed by atoms with E-state index in [0.29, 0.717) is 29.7 Å². The van der Waals surface area contributed by atoms with Gasteiger partial charge in [0, 0.05) is 24.3 Å². The number of nitrogen functional groups attached to an aromatic ring is 1. The molecule has 1 saturated heterocycles. The van der Waals surface area contributed by atoms with Crippen LogP contribution in [0.25, 0.3) is 11.2 Å². The molecule has 5 heterocycles. The number of carboxylic acids is 1. The van der Waals surface area contributed by atoms with Gasteiger partial charge in [0.15, 0.2) is 22.3 Å². The fourth-order valence-corrected chi connectivity index (χ4v) is 7.25. The maximum Gasteiger partial charge on any atom is 0.352 e. The van der Waals surface area contributed by atoms with E-state index in [0.717, 1.165) is 9.78 Å². The second-order valence-electron chi connectivity index (χ2n) is 9.32. The lowest BCUT2D eigenvalue weighted by Gasteiger charge is -2.49. The number of amides is 2. The first-order chi connectivity index (χ1) is 20.3. The Kier molecular flexibility index (Phi) is 9.37. The lowest BCUT2D eigenvalue weighted by molar-refractivity contribution is -0.150. The number of hydrogen-bond donors (Lipinski definition) is 4. The third-order valence-corrected chi connectivity index (χ3v) is 9.64. The molecule has 2 aliphatic rings. The lowest BCUT2D eigenvalue weighted by Crippen LogP contribution is -2.70. The van der Waals surface area contributed by atoms with Crippen LogP contribution in [-0.4, -0.2) is 95.1 Å². The van der Waals surface area contributed by atoms with Gasteiger partial charge in [0.05, 0.1) is 32.0 Å². The minimum absolute atomic E-state index is 0.0158. The number of carbonyl (C=O) groups excluding carboxylic acids is 2. The zero-order chi connectivity index (χ0) is 29.8. The number of hydrogen-bond acceptors (Lipinski definition) is 13. The number of thioether (sulfide) groups is 1. The van der Waals surface area contributed by atoms with E-state index in [-0.39, 0.29) is 42.7 Å². The molecule has 1 unspecified atom stereocenters. The maximum absolute atomic E-state index is 12.8. The smallest absolute Gasteiger partial charge is 0.352 e. The normalized spacial score (nSPS) is 19.9. The molecule has 0 bridgehead atoms. The first kappa shape index (κ1) is 29.9. The number of aliphatic carboxylic acids is 1. The number of anilines is 1. The van der Waals surface area contributed by atoms with E-state index >= 15 is 0 Å². The van der Waals surface area contributed by atoms with Crippen molar-refractivity contribution in [2.24, 2.45) is 4.36 Å². The number of methoxy groups -OCH3 is 1. The summed E-state index contributed by atoms with van der Waals surface area (Å²) in [6.07, 6.45) is 3.18. The number of thiophene rings is 1. The molecule has 3 aromatic rings. The van der Waals surface area contributed by atoms with Crippen molar-refractivity contribution in [1.82, 2.24) is 29.7 Å². The van der Waals surface area contributed by atoms with Gasteiger partial charge in [-0.15, -0.1) is 23.1 Å². The Morgan fingerprint density at radius 1 is 1.36 bits per heavy atom. The van der Waals surface area contributed by atoms with Crippen LogP contribution in [0.3, 0.4) is 0 Å². The Balaban J connectivity index is 1.15. The van der Waals surface area contributed by atoms with Crippen LogP contribution in [0.1, 0.15) is 11.3 Å². The van der Waals surface area contributed by atoms with Crippen LogP contribution in [-0.2, 0) is 47.1 Å². The van der Waals surface area contributed by atoms with Gasteiger partial charge in [0.1, 0.15) is 29.0 Å². The number of thiol groups is 1. The number of fused-ring (bicyclic) bond motifs is 2. The number of carbonyl (C=O) groups is 3. The topological polar surface area (TPSA) is 204 Å². The fourth-order valence-electron chi connectivity index (χ4n) is 4.55. The van der Waals surface area contributed by atoms with E-state index in [2.05, 4.69) is 24.6 Å². The summed E-state index contributed by atoms with van der Waals surface area (Å²) in [5, 5.41) is 13.9. The average Bonchev–Trinajstić information content (AvgIpc) is 3.65. The number of nitrogens with zero attached hydrogens (tertiary/aromatic N) is 6. The van der Waals surface area contributed by atoms with Crippen molar-refractivity contribution in [3.8, 4) is 0 Å². The molecule has 15 nitrogen and oxygen atoms in total. The number of nitrogens with two attached hydrogens (primary N) is 1. The zero-order valence-corrected chi connectivity index (χ0v) is 24.8. The van der Waals surface area contributed by atoms with Gasteiger partial charge < -0.3 is 25.5 Å². The van der Waals surface area contributed by atoms with Gasteiger partial charge in [-0.05, 0) is 23.4 Å². The molecular formula is C24H28N8O7S3. The standard InChI is InChI=1S/C24H28N8O7S3/c1-38-14(4-5-31-12-28-17-20(25)26-11-27-21(17)31)9-39-42(37)29-8-13-10-41-23-18(22(34)32(23)19(13)24(35)36)30-16(33)7-15-3-2-6-40-15/h2-3,6,11-12,14,18,23,42H,4-5,7-10H2,1H3,(H,30,33)(H,35,36)(H2,25,26,27)/t14-,18+,23+/m0/s1. The van der Waals surface area contributed by atoms with Gasteiger partial charge in [-0.2, -0.15) is 0 Å². The number of carboxylic acid groups (broad SMARTS) is 1. The number of β-lactam (4-membered cyclic amide) rings is 1. The Morgan fingerprint density at radius 2 is 2.19 bits per heavy atom. The quantitative estimate of drug-likeness (QED) is 0.149. The fraction of sp³-hybridized carbons (Fsp3) is 0.417. The van der Waals surface area contributed by atoms with E-state index in [1.165, 1.54) is 36.5 Å². The third kappa shape index (κ3) is 6.41. The third-order valence-electron chi connectivity index (χ3n) is 6.68. The summed E-state index contributed by atoms with van der Waals surface area (Å²) in [6.45, 7) is 0.281. The van der Waals surface area contributed by atoms with E-state index in [9.17, 15) is 23.7 Å². The maximum atomic E-state index is 12.8. The van der Waals surface area contributed by atoms with Crippen LogP contribution in [0, 0.1) is 0 Å². The number of imidazole rings is 1. The summed E-state index contributed by atoms with van der Waals surface area (Å²) in [6, 6.07) is 2.85. The second-order valence-corrected chi connectivity index (χ2v) is 12.5. The molecule has 5 rings (SSSR count). The van der Waals surface area contributed by atoms with Crippen LogP contribution >= 0.6 is 23.1 Å². The summed E-state index contributed by atoms with van der Waals surface area (Å²) >= 11 is 2.76. The van der Waals surface area contributed by atoms with Crippen molar-refractivity contribution >= 4 is 68.7 Å². The van der Waals surface area contributed by atoms with Crippen molar-refractivity contribution in [2.45, 2.75) is 36.9 Å². The summed E-state index contributed by atoms with van der Waals surface area (Å²) in [5.41, 5.74) is 7.04. The summed E-state index contributed by atoms with van der Waals surface area (Å²) in [7, 11) is -0.981. The predicted molar refractivity (Wildman–Crippen MR) is 156 cm³/mol. The minimum atomic E-state index is -2.49. The highest BCUT2D eigenvalue weighted by atomic mass is 32.2. The molecule has 0 spiro atoms. The van der Waals surface area contributed by atoms with Crippen LogP contribution in [0.4, 0.5) is 5.82 Å². The van der Waals surface area contributed by atoms with E-state index < -0.39 is 40.3 Å². The summed E-state index contributed by atoms with van der Waals surface area (Å²) in [5.74, 6) is -1.58. The molecule has 2 aliphatic heterocycles. The molecule has 224 valence electrons. The molecule has 0 saturated carbocycles. The molecule has 0 aromatic carbocycles. The number of ether oxygens (including phenoxy) is 1. The van der Waals surface area contributed by atoms with Crippen molar-refractivity contribution in [2.75, 3.05) is 31.7 Å². The molecule has 4 N–H and O–H groups in total. The van der Waals surface area contributed by atoms with E-state index in [1.54, 1.807) is 10.9 Å². The summed E-state index contributed by atoms with van der Waals surface area (Å²) < 4.78 is 29.1. The largest absolute Gasteiger partial charge is 0.477 e. The highest BCUT2D eigenvalue weighted by Gasteiger charge is 2.54. The molecular weight excluding hydrogens is 609 g/mol. The van der Waals surface area contributed by atoms with Crippen molar-refractivity contribution in [1.29, 1.82) is 0 Å². The molecule has 2 amide bonds. The van der Waals surface area contributed by atoms with Crippen molar-refractivity contribution in [3.63, 3.8) is 0 Å². The molecule has 18 heteroatoms. The van der Waals surface area contributed by atoms with Gasteiger partial charge in [-0.3, -0.25) is 18.7 Å². The van der Waals surface area contributed by atoms with Crippen LogP contribution in [0.2, 0.25) is 0 Å². The molecule has 0 aliphatic carbocycles. The van der Waals surface area contributed by atoms with Gasteiger partial charge in [-0.25, -0.2) is 28.3 Å². The van der Waals surface area contributed by atoms with Gasteiger partial charge >= 0.3 is 5.97 Å². The predicted octanol–water partition coefficient (Wildman–Crippen LogP) is 0.453. The van der Waals surface area contributed by atoms with Crippen LogP contribution in [0.15, 0.2) is 45.8 Å². The molecule has 0 radical (unpaired) electrons. The Bertz CT molecular complexity index is 1600. The molecule has 3 aromatic heterocycles.